The molecule has 1 rings (SSSR count). The second-order valence-corrected chi connectivity index (χ2v) is 6.67. The molecular formula is C16H27NS. The van der Waals surface area contributed by atoms with E-state index in [9.17, 15) is 0 Å². The summed E-state index contributed by atoms with van der Waals surface area (Å²) in [4.78, 5) is 0. The van der Waals surface area contributed by atoms with Crippen LogP contribution in [0.25, 0.3) is 0 Å². The summed E-state index contributed by atoms with van der Waals surface area (Å²) < 4.78 is 0. The largest absolute Gasteiger partial charge is 0.313 e. The van der Waals surface area contributed by atoms with Crippen LogP contribution in [-0.4, -0.2) is 23.6 Å². The van der Waals surface area contributed by atoms with Crippen molar-refractivity contribution in [1.29, 1.82) is 0 Å². The molecular weight excluding hydrogens is 238 g/mol. The number of aryl methyl sites for hydroxylation is 1. The van der Waals surface area contributed by atoms with Gasteiger partial charge in [-0.25, -0.2) is 0 Å². The van der Waals surface area contributed by atoms with E-state index in [1.165, 1.54) is 30.6 Å². The fourth-order valence-corrected chi connectivity index (χ4v) is 2.79. The first-order chi connectivity index (χ1) is 8.72. The minimum absolute atomic E-state index is 0.651. The fourth-order valence-electron chi connectivity index (χ4n) is 1.89. The Morgan fingerprint density at radius 3 is 2.50 bits per heavy atom. The molecule has 0 aliphatic rings. The molecule has 1 aromatic rings. The van der Waals surface area contributed by atoms with Gasteiger partial charge < -0.3 is 5.32 Å². The van der Waals surface area contributed by atoms with Gasteiger partial charge in [-0.2, -0.15) is 11.8 Å². The van der Waals surface area contributed by atoms with Gasteiger partial charge in [0.1, 0.15) is 0 Å². The Labute approximate surface area is 117 Å². The Balaban J connectivity index is 2.35. The predicted molar refractivity (Wildman–Crippen MR) is 84.4 cm³/mol. The normalized spacial score (nSPS) is 12.9. The molecule has 0 radical (unpaired) electrons. The van der Waals surface area contributed by atoms with Crippen LogP contribution in [0.4, 0.5) is 0 Å². The smallest absolute Gasteiger partial charge is 0.0161 e. The van der Waals surface area contributed by atoms with Gasteiger partial charge >= 0.3 is 0 Å². The van der Waals surface area contributed by atoms with E-state index in [-0.39, 0.29) is 0 Å². The van der Waals surface area contributed by atoms with Gasteiger partial charge in [0.05, 0.1) is 0 Å². The number of benzene rings is 1. The lowest BCUT2D eigenvalue weighted by Crippen LogP contribution is -2.33. The van der Waals surface area contributed by atoms with E-state index in [1.807, 2.05) is 0 Å². The van der Waals surface area contributed by atoms with E-state index < -0.39 is 0 Å². The third-order valence-electron chi connectivity index (χ3n) is 2.94. The highest BCUT2D eigenvalue weighted by molar-refractivity contribution is 7.99. The molecule has 0 heterocycles. The minimum Gasteiger partial charge on any atom is -0.313 e. The lowest BCUT2D eigenvalue weighted by Gasteiger charge is -2.19. The van der Waals surface area contributed by atoms with Crippen LogP contribution in [0.3, 0.4) is 0 Å². The summed E-state index contributed by atoms with van der Waals surface area (Å²) in [5.41, 5.74) is 1.45. The minimum atomic E-state index is 0.651. The van der Waals surface area contributed by atoms with Crippen molar-refractivity contribution < 1.29 is 0 Å². The molecule has 0 saturated carbocycles. The summed E-state index contributed by atoms with van der Waals surface area (Å²) in [6, 6.07) is 11.5. The topological polar surface area (TPSA) is 12.0 Å². The van der Waals surface area contributed by atoms with Crippen molar-refractivity contribution >= 4 is 11.8 Å². The fraction of sp³-hybridized carbons (Fsp3) is 0.625. The standard InChI is InChI=1S/C16H27NS/c1-4-12-17-16(13-18-14(2)3)11-10-15-8-6-5-7-9-15/h5-9,14,16-17H,4,10-13H2,1-3H3. The third-order valence-corrected chi connectivity index (χ3v) is 4.20. The highest BCUT2D eigenvalue weighted by Gasteiger charge is 2.09. The predicted octanol–water partition coefficient (Wildman–Crippen LogP) is 4.13. The average Bonchev–Trinajstić information content (AvgIpc) is 2.39. The van der Waals surface area contributed by atoms with Crippen LogP contribution in [0.5, 0.6) is 0 Å². The van der Waals surface area contributed by atoms with E-state index in [1.54, 1.807) is 0 Å². The van der Waals surface area contributed by atoms with Crippen molar-refractivity contribution in [3.8, 4) is 0 Å². The zero-order chi connectivity index (χ0) is 13.2. The van der Waals surface area contributed by atoms with Crippen LogP contribution in [-0.2, 0) is 6.42 Å². The zero-order valence-corrected chi connectivity index (χ0v) is 12.8. The van der Waals surface area contributed by atoms with Gasteiger partial charge in [0.2, 0.25) is 0 Å². The van der Waals surface area contributed by atoms with E-state index in [2.05, 4.69) is 68.2 Å². The molecule has 0 aliphatic carbocycles. The first kappa shape index (κ1) is 15.6. The van der Waals surface area contributed by atoms with Crippen LogP contribution in [0.15, 0.2) is 30.3 Å². The number of nitrogens with one attached hydrogen (secondary N) is 1. The van der Waals surface area contributed by atoms with Crippen LogP contribution in [0.1, 0.15) is 39.2 Å². The highest BCUT2D eigenvalue weighted by atomic mass is 32.2. The lowest BCUT2D eigenvalue weighted by atomic mass is 10.1. The second kappa shape index (κ2) is 9.46. The third kappa shape index (κ3) is 7.07. The number of thioether (sulfide) groups is 1. The summed E-state index contributed by atoms with van der Waals surface area (Å²) in [7, 11) is 0. The Hall–Kier alpha value is -0.470. The number of hydrogen-bond acceptors (Lipinski definition) is 2. The highest BCUT2D eigenvalue weighted by Crippen LogP contribution is 2.14. The first-order valence-electron chi connectivity index (χ1n) is 7.11. The summed E-state index contributed by atoms with van der Waals surface area (Å²) in [6.07, 6.45) is 3.64. The maximum atomic E-state index is 3.67. The SMILES string of the molecule is CCCNC(CCc1ccccc1)CSC(C)C. The van der Waals surface area contributed by atoms with Crippen molar-refractivity contribution in [1.82, 2.24) is 5.32 Å². The molecule has 1 N–H and O–H groups in total. The molecule has 102 valence electrons. The average molecular weight is 265 g/mol. The van der Waals surface area contributed by atoms with Crippen molar-refractivity contribution in [2.75, 3.05) is 12.3 Å². The Kier molecular flexibility index (Phi) is 8.19. The van der Waals surface area contributed by atoms with Crippen molar-refractivity contribution in [2.24, 2.45) is 0 Å². The maximum Gasteiger partial charge on any atom is 0.0161 e. The Morgan fingerprint density at radius 1 is 1.17 bits per heavy atom. The van der Waals surface area contributed by atoms with Gasteiger partial charge in [0.25, 0.3) is 0 Å². The first-order valence-corrected chi connectivity index (χ1v) is 8.16. The van der Waals surface area contributed by atoms with Crippen molar-refractivity contribution in [3.05, 3.63) is 35.9 Å². The summed E-state index contributed by atoms with van der Waals surface area (Å²) in [5, 5.41) is 4.40. The number of rotatable bonds is 9. The molecule has 0 fully saturated rings. The van der Waals surface area contributed by atoms with E-state index in [4.69, 9.17) is 0 Å². The second-order valence-electron chi connectivity index (χ2n) is 5.06. The molecule has 1 nitrogen and oxygen atoms in total. The van der Waals surface area contributed by atoms with Crippen LogP contribution >= 0.6 is 11.8 Å². The van der Waals surface area contributed by atoms with Gasteiger partial charge in [0.15, 0.2) is 0 Å². The molecule has 2 heteroatoms. The summed E-state index contributed by atoms with van der Waals surface area (Å²) >= 11 is 2.06. The van der Waals surface area contributed by atoms with Gasteiger partial charge in [-0.05, 0) is 36.6 Å². The molecule has 1 unspecified atom stereocenters. The van der Waals surface area contributed by atoms with Crippen molar-refractivity contribution in [3.63, 3.8) is 0 Å². The van der Waals surface area contributed by atoms with Gasteiger partial charge in [-0.1, -0.05) is 51.1 Å². The molecule has 0 aromatic heterocycles. The van der Waals surface area contributed by atoms with Crippen LogP contribution in [0, 0.1) is 0 Å². The van der Waals surface area contributed by atoms with Crippen LogP contribution in [0.2, 0.25) is 0 Å². The molecule has 0 bridgehead atoms. The number of hydrogen-bond donors (Lipinski definition) is 1. The molecule has 0 spiro atoms. The van der Waals surface area contributed by atoms with Gasteiger partial charge in [-0.3, -0.25) is 0 Å². The van der Waals surface area contributed by atoms with Gasteiger partial charge in [0, 0.05) is 11.8 Å². The van der Waals surface area contributed by atoms with Gasteiger partial charge in [-0.15, -0.1) is 0 Å². The molecule has 1 atom stereocenters. The monoisotopic (exact) mass is 265 g/mol. The maximum absolute atomic E-state index is 3.67. The zero-order valence-electron chi connectivity index (χ0n) is 12.0. The molecule has 0 amide bonds. The Bertz CT molecular complexity index is 297. The summed E-state index contributed by atoms with van der Waals surface area (Å²) in [5.74, 6) is 1.23. The van der Waals surface area contributed by atoms with E-state index >= 15 is 0 Å². The van der Waals surface area contributed by atoms with E-state index in [0.29, 0.717) is 6.04 Å². The van der Waals surface area contributed by atoms with Crippen molar-refractivity contribution in [2.45, 2.75) is 51.3 Å². The van der Waals surface area contributed by atoms with E-state index in [0.717, 1.165) is 11.8 Å². The molecule has 18 heavy (non-hydrogen) atoms. The quantitative estimate of drug-likeness (QED) is 0.720. The Morgan fingerprint density at radius 2 is 1.89 bits per heavy atom. The van der Waals surface area contributed by atoms with Crippen LogP contribution < -0.4 is 5.32 Å². The molecule has 1 aromatic carbocycles. The summed E-state index contributed by atoms with van der Waals surface area (Å²) in [6.45, 7) is 7.92. The molecule has 0 aliphatic heterocycles. The molecule has 0 saturated heterocycles. The lowest BCUT2D eigenvalue weighted by molar-refractivity contribution is 0.520.